The predicted molar refractivity (Wildman–Crippen MR) is 124 cm³/mol. The van der Waals surface area contributed by atoms with Crippen molar-refractivity contribution in [3.05, 3.63) is 76.3 Å². The summed E-state index contributed by atoms with van der Waals surface area (Å²) in [5, 5.41) is 3.04. The Bertz CT molecular complexity index is 1280. The highest BCUT2D eigenvalue weighted by molar-refractivity contribution is 7.92. The SMILES string of the molecule is O=C(Nc1ccc2c(c1)OCCCO2)c1cccc(NS(=O)(=O)c2cc(Cl)ccc2Cl)c1. The van der Waals surface area contributed by atoms with Crippen LogP contribution in [0.1, 0.15) is 16.8 Å². The van der Waals surface area contributed by atoms with Gasteiger partial charge in [0.2, 0.25) is 0 Å². The summed E-state index contributed by atoms with van der Waals surface area (Å²) in [6.07, 6.45) is 0.777. The number of hydrogen-bond acceptors (Lipinski definition) is 5. The fraction of sp³-hybridized carbons (Fsp3) is 0.136. The van der Waals surface area contributed by atoms with Gasteiger partial charge in [-0.1, -0.05) is 29.3 Å². The molecule has 2 N–H and O–H groups in total. The molecule has 0 saturated heterocycles. The lowest BCUT2D eigenvalue weighted by Gasteiger charge is -2.12. The molecule has 1 heterocycles. The number of carbonyl (C=O) groups excluding carboxylic acids is 1. The third-order valence-corrected chi connectivity index (χ3v) is 6.66. The lowest BCUT2D eigenvalue weighted by molar-refractivity contribution is 0.102. The Hall–Kier alpha value is -2.94. The Kier molecular flexibility index (Phi) is 6.45. The second-order valence-corrected chi connectivity index (χ2v) is 9.42. The van der Waals surface area contributed by atoms with Crippen molar-refractivity contribution < 1.29 is 22.7 Å². The maximum absolute atomic E-state index is 12.7. The van der Waals surface area contributed by atoms with Crippen molar-refractivity contribution in [1.29, 1.82) is 0 Å². The normalized spacial score (nSPS) is 13.2. The van der Waals surface area contributed by atoms with Gasteiger partial charge < -0.3 is 14.8 Å². The number of anilines is 2. The second kappa shape index (κ2) is 9.28. The molecule has 166 valence electrons. The minimum Gasteiger partial charge on any atom is -0.490 e. The van der Waals surface area contributed by atoms with E-state index in [-0.39, 0.29) is 26.2 Å². The lowest BCUT2D eigenvalue weighted by Crippen LogP contribution is -2.15. The summed E-state index contributed by atoms with van der Waals surface area (Å²) >= 11 is 11.9. The van der Waals surface area contributed by atoms with Crippen molar-refractivity contribution in [2.24, 2.45) is 0 Å². The summed E-state index contributed by atoms with van der Waals surface area (Å²) in [5.41, 5.74) is 0.984. The fourth-order valence-electron chi connectivity index (χ4n) is 3.06. The first-order valence-corrected chi connectivity index (χ1v) is 11.8. The molecule has 3 aromatic rings. The van der Waals surface area contributed by atoms with E-state index in [2.05, 4.69) is 10.0 Å². The van der Waals surface area contributed by atoms with E-state index in [1.807, 2.05) is 0 Å². The molecule has 1 aliphatic heterocycles. The van der Waals surface area contributed by atoms with Crippen LogP contribution in [0, 0.1) is 0 Å². The van der Waals surface area contributed by atoms with Crippen molar-refractivity contribution in [2.45, 2.75) is 11.3 Å². The molecule has 0 spiro atoms. The molecule has 0 atom stereocenters. The molecule has 0 radical (unpaired) electrons. The molecule has 0 saturated carbocycles. The third kappa shape index (κ3) is 5.09. The number of ether oxygens (including phenoxy) is 2. The Morgan fingerprint density at radius 1 is 0.875 bits per heavy atom. The number of rotatable bonds is 5. The highest BCUT2D eigenvalue weighted by Gasteiger charge is 2.19. The molecular weight excluding hydrogens is 475 g/mol. The van der Waals surface area contributed by atoms with Gasteiger partial charge in [0, 0.05) is 34.4 Å². The minimum atomic E-state index is -4.01. The van der Waals surface area contributed by atoms with Gasteiger partial charge in [0.15, 0.2) is 11.5 Å². The number of halogens is 2. The number of sulfonamides is 1. The van der Waals surface area contributed by atoms with Crippen LogP contribution >= 0.6 is 23.2 Å². The molecular formula is C22H18Cl2N2O5S. The van der Waals surface area contributed by atoms with Crippen molar-refractivity contribution in [3.8, 4) is 11.5 Å². The van der Waals surface area contributed by atoms with Gasteiger partial charge in [-0.2, -0.15) is 0 Å². The third-order valence-electron chi connectivity index (χ3n) is 4.57. The van der Waals surface area contributed by atoms with E-state index in [1.165, 1.54) is 30.3 Å². The Morgan fingerprint density at radius 2 is 1.66 bits per heavy atom. The first-order valence-electron chi connectivity index (χ1n) is 9.61. The molecule has 0 aliphatic carbocycles. The monoisotopic (exact) mass is 492 g/mol. The van der Waals surface area contributed by atoms with Crippen LogP contribution in [0.3, 0.4) is 0 Å². The zero-order valence-electron chi connectivity index (χ0n) is 16.6. The molecule has 0 unspecified atom stereocenters. The zero-order chi connectivity index (χ0) is 22.7. The topological polar surface area (TPSA) is 93.7 Å². The number of hydrogen-bond donors (Lipinski definition) is 2. The van der Waals surface area contributed by atoms with Crippen LogP contribution in [0.5, 0.6) is 11.5 Å². The molecule has 0 fully saturated rings. The average molecular weight is 493 g/mol. The molecule has 10 heteroatoms. The van der Waals surface area contributed by atoms with E-state index >= 15 is 0 Å². The Balaban J connectivity index is 1.52. The Labute approximate surface area is 195 Å². The first-order chi connectivity index (χ1) is 15.3. The van der Waals surface area contributed by atoms with Gasteiger partial charge >= 0.3 is 0 Å². The maximum Gasteiger partial charge on any atom is 0.263 e. The van der Waals surface area contributed by atoms with E-state index < -0.39 is 15.9 Å². The van der Waals surface area contributed by atoms with Gasteiger partial charge in [-0.3, -0.25) is 9.52 Å². The summed E-state index contributed by atoms with van der Waals surface area (Å²) in [4.78, 5) is 12.6. The summed E-state index contributed by atoms with van der Waals surface area (Å²) in [7, 11) is -4.01. The quantitative estimate of drug-likeness (QED) is 0.509. The van der Waals surface area contributed by atoms with Gasteiger partial charge in [0.1, 0.15) is 4.90 Å². The summed E-state index contributed by atoms with van der Waals surface area (Å²) in [5.74, 6) is 0.762. The standard InChI is InChI=1S/C22H18Cl2N2O5S/c23-15-5-7-18(24)21(12-15)32(28,29)26-17-4-1-3-14(11-17)22(27)25-16-6-8-19-20(13-16)31-10-2-9-30-19/h1,3-8,11-13,26H,2,9-10H2,(H,25,27). The highest BCUT2D eigenvalue weighted by atomic mass is 35.5. The maximum atomic E-state index is 12.7. The molecule has 0 bridgehead atoms. The van der Waals surface area contributed by atoms with Crippen LogP contribution in [0.25, 0.3) is 0 Å². The lowest BCUT2D eigenvalue weighted by atomic mass is 10.2. The Morgan fingerprint density at radius 3 is 2.47 bits per heavy atom. The van der Waals surface area contributed by atoms with Crippen molar-refractivity contribution in [1.82, 2.24) is 0 Å². The number of nitrogens with one attached hydrogen (secondary N) is 2. The van der Waals surface area contributed by atoms with Crippen LogP contribution < -0.4 is 19.5 Å². The molecule has 3 aromatic carbocycles. The zero-order valence-corrected chi connectivity index (χ0v) is 18.9. The number of carbonyl (C=O) groups is 1. The number of fused-ring (bicyclic) bond motifs is 1. The molecule has 4 rings (SSSR count). The highest BCUT2D eigenvalue weighted by Crippen LogP contribution is 2.32. The van der Waals surface area contributed by atoms with Crippen molar-refractivity contribution in [2.75, 3.05) is 23.3 Å². The van der Waals surface area contributed by atoms with Crippen molar-refractivity contribution in [3.63, 3.8) is 0 Å². The first kappa shape index (κ1) is 22.3. The van der Waals surface area contributed by atoms with Gasteiger partial charge in [0.05, 0.1) is 18.2 Å². The van der Waals surface area contributed by atoms with Gasteiger partial charge in [-0.15, -0.1) is 0 Å². The summed E-state index contributed by atoms with van der Waals surface area (Å²) < 4.78 is 39.1. The molecule has 1 amide bonds. The number of amides is 1. The minimum absolute atomic E-state index is 0.0326. The van der Waals surface area contributed by atoms with E-state index in [1.54, 1.807) is 30.3 Å². The molecule has 1 aliphatic rings. The van der Waals surface area contributed by atoms with Crippen LogP contribution in [0.4, 0.5) is 11.4 Å². The van der Waals surface area contributed by atoms with Gasteiger partial charge in [0.25, 0.3) is 15.9 Å². The van der Waals surface area contributed by atoms with E-state index in [9.17, 15) is 13.2 Å². The number of benzene rings is 3. The smallest absolute Gasteiger partial charge is 0.263 e. The predicted octanol–water partition coefficient (Wildman–Crippen LogP) is 5.21. The van der Waals surface area contributed by atoms with Crippen LogP contribution in [-0.4, -0.2) is 27.5 Å². The van der Waals surface area contributed by atoms with Crippen molar-refractivity contribution >= 4 is 50.5 Å². The summed E-state index contributed by atoms with van der Waals surface area (Å²) in [6.45, 7) is 1.10. The van der Waals surface area contributed by atoms with Gasteiger partial charge in [-0.05, 0) is 48.5 Å². The molecule has 32 heavy (non-hydrogen) atoms. The van der Waals surface area contributed by atoms with Gasteiger partial charge in [-0.25, -0.2) is 8.42 Å². The summed E-state index contributed by atoms with van der Waals surface area (Å²) in [6, 6.07) is 15.4. The average Bonchev–Trinajstić information content (AvgIpc) is 3.00. The van der Waals surface area contributed by atoms with E-state index in [0.29, 0.717) is 30.4 Å². The van der Waals surface area contributed by atoms with E-state index in [0.717, 1.165) is 6.42 Å². The van der Waals surface area contributed by atoms with Crippen LogP contribution in [0.15, 0.2) is 65.6 Å². The fourth-order valence-corrected chi connectivity index (χ4v) is 4.87. The molecule has 7 nitrogen and oxygen atoms in total. The van der Waals surface area contributed by atoms with E-state index in [4.69, 9.17) is 32.7 Å². The largest absolute Gasteiger partial charge is 0.490 e. The van der Waals surface area contributed by atoms with Crippen LogP contribution in [-0.2, 0) is 10.0 Å². The second-order valence-electron chi connectivity index (χ2n) is 6.93. The van der Waals surface area contributed by atoms with Crippen LogP contribution in [0.2, 0.25) is 10.0 Å². The molecule has 0 aromatic heterocycles.